The summed E-state index contributed by atoms with van der Waals surface area (Å²) in [5.74, 6) is 0.666. The third-order valence-electron chi connectivity index (χ3n) is 3.00. The van der Waals surface area contributed by atoms with Gasteiger partial charge in [0.1, 0.15) is 17.9 Å². The predicted molar refractivity (Wildman–Crippen MR) is 78.0 cm³/mol. The predicted octanol–water partition coefficient (Wildman–Crippen LogP) is 3.46. The lowest BCUT2D eigenvalue weighted by atomic mass is 10.2. The molecule has 21 heavy (non-hydrogen) atoms. The minimum atomic E-state index is -1.03. The quantitative estimate of drug-likeness (QED) is 0.914. The Kier molecular flexibility index (Phi) is 3.70. The number of carboxylic acids is 1. The van der Waals surface area contributed by atoms with Crippen molar-refractivity contribution in [3.8, 4) is 17.2 Å². The Bertz CT molecular complexity index is 698. The maximum atomic E-state index is 11.2. The van der Waals surface area contributed by atoms with E-state index in [9.17, 15) is 9.90 Å². The molecule has 1 aliphatic heterocycles. The van der Waals surface area contributed by atoms with E-state index >= 15 is 0 Å². The van der Waals surface area contributed by atoms with Crippen molar-refractivity contribution < 1.29 is 24.1 Å². The first kappa shape index (κ1) is 13.8. The molecule has 0 radical (unpaired) electrons. The lowest BCUT2D eigenvalue weighted by Crippen LogP contribution is -2.03. The van der Waals surface area contributed by atoms with E-state index in [4.69, 9.17) is 14.2 Å². The highest BCUT2D eigenvalue weighted by atomic mass is 79.9. The summed E-state index contributed by atoms with van der Waals surface area (Å²) >= 11 is 3.25. The van der Waals surface area contributed by atoms with Gasteiger partial charge in [-0.25, -0.2) is 4.79 Å². The van der Waals surface area contributed by atoms with E-state index < -0.39 is 5.97 Å². The lowest BCUT2D eigenvalue weighted by Gasteiger charge is -2.10. The van der Waals surface area contributed by atoms with E-state index in [-0.39, 0.29) is 19.0 Å². The van der Waals surface area contributed by atoms with Gasteiger partial charge in [0.2, 0.25) is 6.79 Å². The van der Waals surface area contributed by atoms with Crippen LogP contribution in [0, 0.1) is 0 Å². The number of halogens is 1. The Balaban J connectivity index is 1.77. The summed E-state index contributed by atoms with van der Waals surface area (Å²) in [4.78, 5) is 11.2. The number of hydrogen-bond acceptors (Lipinski definition) is 4. The van der Waals surface area contributed by atoms with Gasteiger partial charge in [-0.3, -0.25) is 0 Å². The Morgan fingerprint density at radius 1 is 1.19 bits per heavy atom. The van der Waals surface area contributed by atoms with Crippen LogP contribution < -0.4 is 14.2 Å². The van der Waals surface area contributed by atoms with Crippen LogP contribution in [-0.4, -0.2) is 17.9 Å². The molecular weight excluding hydrogens is 340 g/mol. The van der Waals surface area contributed by atoms with Crippen LogP contribution in [0.1, 0.15) is 15.9 Å². The SMILES string of the molecule is O=C(O)c1cc(Br)ccc1OCc1ccc2c(c1)OCO2. The molecule has 1 aliphatic rings. The van der Waals surface area contributed by atoms with E-state index in [0.717, 1.165) is 5.56 Å². The fourth-order valence-electron chi connectivity index (χ4n) is 1.99. The Hall–Kier alpha value is -2.21. The van der Waals surface area contributed by atoms with E-state index in [1.54, 1.807) is 18.2 Å². The van der Waals surface area contributed by atoms with Gasteiger partial charge in [0, 0.05) is 4.47 Å². The number of fused-ring (bicyclic) bond motifs is 1. The number of carboxylic acid groups (broad SMARTS) is 1. The maximum Gasteiger partial charge on any atom is 0.339 e. The first-order valence-electron chi connectivity index (χ1n) is 6.17. The minimum Gasteiger partial charge on any atom is -0.488 e. The fourth-order valence-corrected chi connectivity index (χ4v) is 2.35. The normalized spacial score (nSPS) is 12.2. The lowest BCUT2D eigenvalue weighted by molar-refractivity contribution is 0.0691. The van der Waals surface area contributed by atoms with Crippen LogP contribution in [0.4, 0.5) is 0 Å². The molecule has 0 aromatic heterocycles. The first-order chi connectivity index (χ1) is 10.1. The molecule has 0 saturated carbocycles. The molecule has 0 atom stereocenters. The van der Waals surface area contributed by atoms with Crippen molar-refractivity contribution in [3.63, 3.8) is 0 Å². The van der Waals surface area contributed by atoms with Gasteiger partial charge in [0.25, 0.3) is 0 Å². The number of aromatic carboxylic acids is 1. The average Bonchev–Trinajstić information content (AvgIpc) is 2.93. The van der Waals surface area contributed by atoms with E-state index in [1.807, 2.05) is 12.1 Å². The van der Waals surface area contributed by atoms with Gasteiger partial charge in [-0.15, -0.1) is 0 Å². The summed E-state index contributed by atoms with van der Waals surface area (Å²) in [5.41, 5.74) is 0.989. The highest BCUT2D eigenvalue weighted by molar-refractivity contribution is 9.10. The van der Waals surface area contributed by atoms with Crippen LogP contribution in [0.25, 0.3) is 0 Å². The number of carbonyl (C=O) groups is 1. The summed E-state index contributed by atoms with van der Waals surface area (Å²) in [7, 11) is 0. The molecule has 2 aromatic carbocycles. The minimum absolute atomic E-state index is 0.116. The van der Waals surface area contributed by atoms with E-state index in [0.29, 0.717) is 21.7 Å². The molecule has 3 rings (SSSR count). The van der Waals surface area contributed by atoms with Crippen LogP contribution in [0.2, 0.25) is 0 Å². The molecule has 6 heteroatoms. The monoisotopic (exact) mass is 350 g/mol. The zero-order valence-electron chi connectivity index (χ0n) is 10.8. The average molecular weight is 351 g/mol. The molecule has 1 N–H and O–H groups in total. The Labute approximate surface area is 129 Å². The molecule has 108 valence electrons. The Morgan fingerprint density at radius 2 is 2.00 bits per heavy atom. The number of hydrogen-bond donors (Lipinski definition) is 1. The van der Waals surface area contributed by atoms with E-state index in [1.165, 1.54) is 6.07 Å². The third-order valence-corrected chi connectivity index (χ3v) is 3.50. The smallest absolute Gasteiger partial charge is 0.339 e. The zero-order valence-corrected chi connectivity index (χ0v) is 12.4. The van der Waals surface area contributed by atoms with Crippen molar-refractivity contribution in [3.05, 3.63) is 52.0 Å². The molecular formula is C15H11BrO5. The maximum absolute atomic E-state index is 11.2. The molecule has 0 fully saturated rings. The molecule has 0 unspecified atom stereocenters. The second kappa shape index (κ2) is 5.65. The van der Waals surface area contributed by atoms with E-state index in [2.05, 4.69) is 15.9 Å². The highest BCUT2D eigenvalue weighted by Gasteiger charge is 2.15. The molecule has 1 heterocycles. The first-order valence-corrected chi connectivity index (χ1v) is 6.97. The van der Waals surface area contributed by atoms with Gasteiger partial charge < -0.3 is 19.3 Å². The molecule has 2 aromatic rings. The van der Waals surface area contributed by atoms with Gasteiger partial charge >= 0.3 is 5.97 Å². The molecule has 5 nitrogen and oxygen atoms in total. The fraction of sp³-hybridized carbons (Fsp3) is 0.133. The van der Waals surface area contributed by atoms with Gasteiger partial charge in [-0.1, -0.05) is 22.0 Å². The van der Waals surface area contributed by atoms with Crippen LogP contribution in [0.5, 0.6) is 17.2 Å². The summed E-state index contributed by atoms with van der Waals surface area (Å²) in [6.07, 6.45) is 0. The highest BCUT2D eigenvalue weighted by Crippen LogP contribution is 2.33. The van der Waals surface area contributed by atoms with Crippen LogP contribution in [0.3, 0.4) is 0 Å². The molecule has 0 amide bonds. The largest absolute Gasteiger partial charge is 0.488 e. The van der Waals surface area contributed by atoms with Gasteiger partial charge in [0.05, 0.1) is 0 Å². The number of benzene rings is 2. The molecule has 0 saturated heterocycles. The molecule has 0 aliphatic carbocycles. The van der Waals surface area contributed by atoms with Crippen molar-refractivity contribution in [2.45, 2.75) is 6.61 Å². The van der Waals surface area contributed by atoms with Crippen LogP contribution in [0.15, 0.2) is 40.9 Å². The second-order valence-corrected chi connectivity index (χ2v) is 5.34. The summed E-state index contributed by atoms with van der Waals surface area (Å²) in [5, 5.41) is 9.18. The van der Waals surface area contributed by atoms with Gasteiger partial charge in [0.15, 0.2) is 11.5 Å². The topological polar surface area (TPSA) is 65.0 Å². The second-order valence-electron chi connectivity index (χ2n) is 4.42. The third kappa shape index (κ3) is 2.95. The van der Waals surface area contributed by atoms with Gasteiger partial charge in [-0.05, 0) is 35.9 Å². The zero-order chi connectivity index (χ0) is 14.8. The molecule has 0 spiro atoms. The number of rotatable bonds is 4. The summed E-state index contributed by atoms with van der Waals surface area (Å²) in [6.45, 7) is 0.466. The summed E-state index contributed by atoms with van der Waals surface area (Å²) < 4.78 is 16.8. The van der Waals surface area contributed by atoms with Crippen molar-refractivity contribution in [2.75, 3.05) is 6.79 Å². The summed E-state index contributed by atoms with van der Waals surface area (Å²) in [6, 6.07) is 10.4. The van der Waals surface area contributed by atoms with Crippen LogP contribution >= 0.6 is 15.9 Å². The van der Waals surface area contributed by atoms with Gasteiger partial charge in [-0.2, -0.15) is 0 Å². The standard InChI is InChI=1S/C15H11BrO5/c16-10-2-4-12(11(6-10)15(17)18)19-7-9-1-3-13-14(5-9)21-8-20-13/h1-6H,7-8H2,(H,17,18). The van der Waals surface area contributed by atoms with Crippen molar-refractivity contribution in [1.82, 2.24) is 0 Å². The van der Waals surface area contributed by atoms with Crippen LogP contribution in [-0.2, 0) is 6.61 Å². The Morgan fingerprint density at radius 3 is 2.81 bits per heavy atom. The number of ether oxygens (including phenoxy) is 3. The van der Waals surface area contributed by atoms with Crippen molar-refractivity contribution in [1.29, 1.82) is 0 Å². The van der Waals surface area contributed by atoms with Crippen molar-refractivity contribution >= 4 is 21.9 Å². The van der Waals surface area contributed by atoms with Crippen molar-refractivity contribution in [2.24, 2.45) is 0 Å². The molecule has 0 bridgehead atoms.